The van der Waals surface area contributed by atoms with Crippen LogP contribution in [0.15, 0.2) is 23.1 Å². The third kappa shape index (κ3) is 3.24. The van der Waals surface area contributed by atoms with E-state index in [0.29, 0.717) is 6.42 Å². The molecule has 2 rings (SSSR count). The molecule has 1 aromatic carbocycles. The van der Waals surface area contributed by atoms with Crippen molar-refractivity contribution in [2.24, 2.45) is 11.8 Å². The molecular weight excluding hydrogens is 328 g/mol. The highest BCUT2D eigenvalue weighted by Gasteiger charge is 2.36. The van der Waals surface area contributed by atoms with Gasteiger partial charge in [0, 0.05) is 13.1 Å². The van der Waals surface area contributed by atoms with E-state index in [9.17, 15) is 13.2 Å². The monoisotopic (exact) mass is 342 g/mol. The number of carboxylic acids is 1. The Hall–Kier alpha value is -1.62. The van der Waals surface area contributed by atoms with Gasteiger partial charge in [0.05, 0.1) is 21.4 Å². The van der Waals surface area contributed by atoms with E-state index in [4.69, 9.17) is 22.0 Å². The van der Waals surface area contributed by atoms with E-state index >= 15 is 0 Å². The van der Waals surface area contributed by atoms with Crippen molar-refractivity contribution in [3.05, 3.63) is 28.8 Å². The number of halogens is 1. The van der Waals surface area contributed by atoms with Crippen LogP contribution in [-0.4, -0.2) is 36.9 Å². The number of nitriles is 1. The van der Waals surface area contributed by atoms with Crippen molar-refractivity contribution in [2.45, 2.75) is 18.2 Å². The predicted molar refractivity (Wildman–Crippen MR) is 79.8 cm³/mol. The lowest BCUT2D eigenvalue weighted by molar-refractivity contribution is -0.143. The Morgan fingerprint density at radius 2 is 2.14 bits per heavy atom. The fourth-order valence-corrected chi connectivity index (χ4v) is 4.37. The van der Waals surface area contributed by atoms with E-state index < -0.39 is 21.9 Å². The van der Waals surface area contributed by atoms with Gasteiger partial charge in [-0.3, -0.25) is 4.79 Å². The number of benzene rings is 1. The van der Waals surface area contributed by atoms with Gasteiger partial charge in [-0.05, 0) is 30.5 Å². The summed E-state index contributed by atoms with van der Waals surface area (Å²) in [5.41, 5.74) is 0.0718. The lowest BCUT2D eigenvalue weighted by Gasteiger charge is -2.33. The normalized spacial score (nSPS) is 23.0. The summed E-state index contributed by atoms with van der Waals surface area (Å²) in [7, 11) is -3.85. The lowest BCUT2D eigenvalue weighted by Crippen LogP contribution is -2.45. The first kappa shape index (κ1) is 16.7. The van der Waals surface area contributed by atoms with Crippen LogP contribution in [0.3, 0.4) is 0 Å². The molecule has 1 fully saturated rings. The first-order chi connectivity index (χ1) is 10.3. The van der Waals surface area contributed by atoms with Crippen LogP contribution in [0.4, 0.5) is 0 Å². The van der Waals surface area contributed by atoms with Gasteiger partial charge in [0.2, 0.25) is 10.0 Å². The highest BCUT2D eigenvalue weighted by atomic mass is 35.5. The Morgan fingerprint density at radius 3 is 2.73 bits per heavy atom. The van der Waals surface area contributed by atoms with E-state index in [2.05, 4.69) is 0 Å². The molecule has 2 unspecified atom stereocenters. The SMILES string of the molecule is CC1CC(C(=O)O)CN(S(=O)(=O)c2ccc(Cl)c(C#N)c2)C1. The molecule has 1 saturated heterocycles. The Bertz CT molecular complexity index is 742. The summed E-state index contributed by atoms with van der Waals surface area (Å²) in [6, 6.07) is 5.74. The summed E-state index contributed by atoms with van der Waals surface area (Å²) in [6.07, 6.45) is 0.450. The molecule has 2 atom stereocenters. The number of hydrogen-bond acceptors (Lipinski definition) is 4. The van der Waals surface area contributed by atoms with E-state index in [1.807, 2.05) is 13.0 Å². The van der Waals surface area contributed by atoms with Crippen LogP contribution in [0.5, 0.6) is 0 Å². The summed E-state index contributed by atoms with van der Waals surface area (Å²) in [4.78, 5) is 11.1. The Balaban J connectivity index is 2.37. The van der Waals surface area contributed by atoms with Gasteiger partial charge >= 0.3 is 5.97 Å². The zero-order valence-electron chi connectivity index (χ0n) is 11.9. The van der Waals surface area contributed by atoms with E-state index in [0.717, 1.165) is 0 Å². The smallest absolute Gasteiger partial charge is 0.307 e. The Morgan fingerprint density at radius 1 is 1.45 bits per heavy atom. The first-order valence-corrected chi connectivity index (χ1v) is 8.50. The van der Waals surface area contributed by atoms with Crippen molar-refractivity contribution >= 4 is 27.6 Å². The highest BCUT2D eigenvalue weighted by Crippen LogP contribution is 2.28. The van der Waals surface area contributed by atoms with Crippen molar-refractivity contribution < 1.29 is 18.3 Å². The number of carboxylic acid groups (broad SMARTS) is 1. The number of aliphatic carboxylic acids is 1. The zero-order chi connectivity index (χ0) is 16.5. The van der Waals surface area contributed by atoms with Crippen molar-refractivity contribution in [1.29, 1.82) is 5.26 Å². The minimum Gasteiger partial charge on any atom is -0.481 e. The number of sulfonamides is 1. The summed E-state index contributed by atoms with van der Waals surface area (Å²) >= 11 is 5.81. The third-order valence-corrected chi connectivity index (χ3v) is 5.83. The second-order valence-corrected chi connectivity index (χ2v) is 7.80. The lowest BCUT2D eigenvalue weighted by atomic mass is 9.92. The average molecular weight is 343 g/mol. The van der Waals surface area contributed by atoms with Crippen LogP contribution in [0.25, 0.3) is 0 Å². The fraction of sp³-hybridized carbons (Fsp3) is 0.429. The molecule has 0 amide bonds. The first-order valence-electron chi connectivity index (χ1n) is 6.68. The minimum atomic E-state index is -3.85. The second-order valence-electron chi connectivity index (χ2n) is 5.45. The summed E-state index contributed by atoms with van der Waals surface area (Å²) < 4.78 is 26.5. The van der Waals surface area contributed by atoms with Crippen LogP contribution < -0.4 is 0 Å². The van der Waals surface area contributed by atoms with E-state index in [-0.39, 0.29) is 34.5 Å². The van der Waals surface area contributed by atoms with Crippen LogP contribution in [0.2, 0.25) is 5.02 Å². The number of piperidine rings is 1. The van der Waals surface area contributed by atoms with E-state index in [1.165, 1.54) is 22.5 Å². The molecule has 0 bridgehead atoms. The van der Waals surface area contributed by atoms with Gasteiger partial charge in [0.15, 0.2) is 0 Å². The van der Waals surface area contributed by atoms with Crippen molar-refractivity contribution in [2.75, 3.05) is 13.1 Å². The maximum absolute atomic E-state index is 12.7. The Labute approximate surface area is 134 Å². The maximum atomic E-state index is 12.7. The second kappa shape index (κ2) is 6.24. The van der Waals surface area contributed by atoms with E-state index in [1.54, 1.807) is 0 Å². The minimum absolute atomic E-state index is 0.0487. The van der Waals surface area contributed by atoms with Crippen molar-refractivity contribution in [3.8, 4) is 6.07 Å². The molecule has 0 aromatic heterocycles. The van der Waals surface area contributed by atoms with Gasteiger partial charge in [0.25, 0.3) is 0 Å². The van der Waals surface area contributed by atoms with Crippen LogP contribution in [-0.2, 0) is 14.8 Å². The molecule has 0 saturated carbocycles. The zero-order valence-corrected chi connectivity index (χ0v) is 13.4. The highest BCUT2D eigenvalue weighted by molar-refractivity contribution is 7.89. The van der Waals surface area contributed by atoms with Crippen molar-refractivity contribution in [1.82, 2.24) is 4.31 Å². The van der Waals surface area contributed by atoms with Crippen LogP contribution >= 0.6 is 11.6 Å². The Kier molecular flexibility index (Phi) is 4.75. The number of nitrogens with zero attached hydrogens (tertiary/aromatic N) is 2. The molecule has 0 radical (unpaired) electrons. The van der Waals surface area contributed by atoms with Gasteiger partial charge in [-0.1, -0.05) is 18.5 Å². The molecule has 0 aliphatic carbocycles. The molecule has 8 heteroatoms. The summed E-state index contributed by atoms with van der Waals surface area (Å²) in [5, 5.41) is 18.3. The topological polar surface area (TPSA) is 98.5 Å². The largest absolute Gasteiger partial charge is 0.481 e. The number of carbonyl (C=O) groups is 1. The van der Waals surface area contributed by atoms with Gasteiger partial charge in [-0.15, -0.1) is 0 Å². The van der Waals surface area contributed by atoms with Gasteiger partial charge in [-0.25, -0.2) is 8.42 Å². The third-order valence-electron chi connectivity index (χ3n) is 3.67. The van der Waals surface area contributed by atoms with Crippen LogP contribution in [0, 0.1) is 23.2 Å². The predicted octanol–water partition coefficient (Wildman–Crippen LogP) is 1.94. The summed E-state index contributed by atoms with van der Waals surface area (Å²) in [6.45, 7) is 2.02. The molecule has 0 spiro atoms. The molecule has 1 N–H and O–H groups in total. The van der Waals surface area contributed by atoms with Gasteiger partial charge in [-0.2, -0.15) is 9.57 Å². The molecule has 22 heavy (non-hydrogen) atoms. The molecular formula is C14H15ClN2O4S. The van der Waals surface area contributed by atoms with Gasteiger partial charge < -0.3 is 5.11 Å². The maximum Gasteiger partial charge on any atom is 0.307 e. The molecule has 1 aromatic rings. The molecule has 118 valence electrons. The van der Waals surface area contributed by atoms with Crippen molar-refractivity contribution in [3.63, 3.8) is 0 Å². The molecule has 6 nitrogen and oxygen atoms in total. The average Bonchev–Trinajstić information content (AvgIpc) is 2.46. The molecule has 1 aliphatic heterocycles. The quantitative estimate of drug-likeness (QED) is 0.905. The number of hydrogen-bond donors (Lipinski definition) is 1. The molecule has 1 aliphatic rings. The fourth-order valence-electron chi connectivity index (χ4n) is 2.58. The van der Waals surface area contributed by atoms with Crippen LogP contribution in [0.1, 0.15) is 18.9 Å². The molecule has 1 heterocycles. The van der Waals surface area contributed by atoms with Gasteiger partial charge in [0.1, 0.15) is 6.07 Å². The summed E-state index contributed by atoms with van der Waals surface area (Å²) in [5.74, 6) is -1.77. The number of rotatable bonds is 3. The standard InChI is InChI=1S/C14H15ClN2O4S/c1-9-4-11(14(18)19)8-17(7-9)22(20,21)12-2-3-13(15)10(5-12)6-16/h2-3,5,9,11H,4,7-8H2,1H3,(H,18,19).